The number of hydrogen-bond donors (Lipinski definition) is 1. The molecule has 1 N–H and O–H groups in total. The van der Waals surface area contributed by atoms with Crippen molar-refractivity contribution in [2.45, 2.75) is 13.8 Å². The molecule has 6 nitrogen and oxygen atoms in total. The van der Waals surface area contributed by atoms with Crippen molar-refractivity contribution in [3.63, 3.8) is 0 Å². The van der Waals surface area contributed by atoms with Crippen molar-refractivity contribution in [2.24, 2.45) is 0 Å². The summed E-state index contributed by atoms with van der Waals surface area (Å²) in [6.45, 7) is 3.47. The lowest BCUT2D eigenvalue weighted by Gasteiger charge is -2.13. The molecule has 8 heteroatoms. The molecule has 0 fully saturated rings. The molecule has 0 aliphatic heterocycles. The van der Waals surface area contributed by atoms with Crippen LogP contribution in [0.15, 0.2) is 29.1 Å². The summed E-state index contributed by atoms with van der Waals surface area (Å²) < 4.78 is 15.3. The van der Waals surface area contributed by atoms with Crippen molar-refractivity contribution < 1.29 is 14.3 Å². The molecule has 3 rings (SSSR count). The van der Waals surface area contributed by atoms with Gasteiger partial charge in [0.2, 0.25) is 11.1 Å². The topological polar surface area (TPSA) is 85.1 Å². The van der Waals surface area contributed by atoms with Crippen molar-refractivity contribution >= 4 is 28.6 Å². The second kappa shape index (κ2) is 5.68. The molecule has 0 spiro atoms. The molecule has 0 radical (unpaired) electrons. The van der Waals surface area contributed by atoms with Crippen LogP contribution in [0.3, 0.4) is 0 Å². The molecular weight excluding hydrogens is 337 g/mol. The Labute approximate surface area is 140 Å². The third-order valence-electron chi connectivity index (χ3n) is 3.64. The van der Waals surface area contributed by atoms with E-state index in [1.54, 1.807) is 19.9 Å². The average Bonchev–Trinajstić information content (AvgIpc) is 2.50. The van der Waals surface area contributed by atoms with Crippen molar-refractivity contribution in [2.75, 3.05) is 0 Å². The van der Waals surface area contributed by atoms with Crippen LogP contribution in [0.4, 0.5) is 4.39 Å². The minimum Gasteiger partial charge on any atom is -0.476 e. The highest BCUT2D eigenvalue weighted by atomic mass is 35.5. The quantitative estimate of drug-likeness (QED) is 0.770. The number of rotatable bonds is 2. The van der Waals surface area contributed by atoms with Gasteiger partial charge in [-0.1, -0.05) is 11.6 Å². The van der Waals surface area contributed by atoms with E-state index >= 15 is 0 Å². The third-order valence-corrected chi connectivity index (χ3v) is 3.88. The van der Waals surface area contributed by atoms with Gasteiger partial charge >= 0.3 is 5.97 Å². The first-order valence-corrected chi connectivity index (χ1v) is 7.27. The number of carboxylic acid groups (broad SMARTS) is 1. The van der Waals surface area contributed by atoms with Gasteiger partial charge in [0, 0.05) is 10.7 Å². The molecule has 24 heavy (non-hydrogen) atoms. The zero-order chi connectivity index (χ0) is 17.6. The van der Waals surface area contributed by atoms with Crippen LogP contribution in [0.2, 0.25) is 5.02 Å². The summed E-state index contributed by atoms with van der Waals surface area (Å²) in [5.74, 6) is -2.21. The third kappa shape index (κ3) is 2.52. The molecule has 0 aliphatic rings. The van der Waals surface area contributed by atoms with Gasteiger partial charge in [-0.25, -0.2) is 18.9 Å². The van der Waals surface area contributed by atoms with Crippen LogP contribution in [0.5, 0.6) is 0 Å². The normalized spacial score (nSPS) is 11.0. The van der Waals surface area contributed by atoms with E-state index in [1.807, 2.05) is 0 Å². The van der Waals surface area contributed by atoms with Gasteiger partial charge in [0.25, 0.3) is 0 Å². The highest BCUT2D eigenvalue weighted by Crippen LogP contribution is 2.22. The zero-order valence-corrected chi connectivity index (χ0v) is 13.4. The number of pyridine rings is 1. The summed E-state index contributed by atoms with van der Waals surface area (Å²) in [6, 6.07) is 5.50. The Kier molecular flexibility index (Phi) is 3.81. The Morgan fingerprint density at radius 2 is 2.00 bits per heavy atom. The van der Waals surface area contributed by atoms with Gasteiger partial charge in [0.1, 0.15) is 17.0 Å². The molecule has 122 valence electrons. The Morgan fingerprint density at radius 1 is 1.29 bits per heavy atom. The van der Waals surface area contributed by atoms with Crippen molar-refractivity contribution in [1.82, 2.24) is 14.8 Å². The van der Waals surface area contributed by atoms with Gasteiger partial charge < -0.3 is 5.11 Å². The fraction of sp³-hybridized carbons (Fsp3) is 0.125. The standard InChI is InChI=1S/C16H11ClFN3O3/c1-7-5-12-13(19-8(7)2)15(22)14(16(23)24)20-21(12)11-4-3-9(17)6-10(11)18/h3-6H,1-2H3,(H,23,24). The van der Waals surface area contributed by atoms with E-state index in [1.165, 1.54) is 12.1 Å². The van der Waals surface area contributed by atoms with Crippen LogP contribution in [-0.2, 0) is 0 Å². The Morgan fingerprint density at radius 3 is 2.62 bits per heavy atom. The fourth-order valence-electron chi connectivity index (χ4n) is 2.31. The number of carbonyl (C=O) groups is 1. The van der Waals surface area contributed by atoms with Crippen LogP contribution in [0.25, 0.3) is 16.7 Å². The summed E-state index contributed by atoms with van der Waals surface area (Å²) in [5.41, 5.74) is -0.106. The smallest absolute Gasteiger partial charge is 0.360 e. The van der Waals surface area contributed by atoms with Gasteiger partial charge in [0.15, 0.2) is 0 Å². The van der Waals surface area contributed by atoms with E-state index in [2.05, 4.69) is 10.1 Å². The molecular formula is C16H11ClFN3O3. The largest absolute Gasteiger partial charge is 0.476 e. The number of nitrogens with zero attached hydrogens (tertiary/aromatic N) is 3. The Balaban J connectivity index is 2.50. The van der Waals surface area contributed by atoms with E-state index in [-0.39, 0.29) is 21.7 Å². The average molecular weight is 348 g/mol. The maximum absolute atomic E-state index is 14.3. The van der Waals surface area contributed by atoms with Crippen LogP contribution < -0.4 is 5.43 Å². The van der Waals surface area contributed by atoms with E-state index < -0.39 is 22.9 Å². The lowest BCUT2D eigenvalue weighted by atomic mass is 10.2. The molecule has 0 unspecified atom stereocenters. The SMILES string of the molecule is Cc1cc2c(nc1C)c(=O)c(C(=O)O)nn2-c1ccc(Cl)cc1F. The maximum Gasteiger partial charge on any atom is 0.360 e. The number of carboxylic acids is 1. The molecule has 0 aliphatic carbocycles. The number of hydrogen-bond acceptors (Lipinski definition) is 4. The maximum atomic E-state index is 14.3. The van der Waals surface area contributed by atoms with Crippen molar-refractivity contribution in [1.29, 1.82) is 0 Å². The lowest BCUT2D eigenvalue weighted by molar-refractivity contribution is 0.0687. The molecule has 2 aromatic heterocycles. The van der Waals surface area contributed by atoms with Crippen LogP contribution in [0.1, 0.15) is 21.7 Å². The predicted molar refractivity (Wildman–Crippen MR) is 86.5 cm³/mol. The Hall–Kier alpha value is -2.80. The molecule has 0 atom stereocenters. The van der Waals surface area contributed by atoms with E-state index in [4.69, 9.17) is 11.6 Å². The minimum absolute atomic E-state index is 0.0306. The monoisotopic (exact) mass is 347 g/mol. The van der Waals surface area contributed by atoms with Gasteiger partial charge in [-0.3, -0.25) is 4.79 Å². The first-order chi connectivity index (χ1) is 11.3. The molecule has 0 amide bonds. The predicted octanol–water partition coefficient (Wildman–Crippen LogP) is 2.89. The molecule has 3 aromatic rings. The number of halogens is 2. The molecule has 0 saturated carbocycles. The molecule has 1 aromatic carbocycles. The first kappa shape index (κ1) is 16.1. The van der Waals surface area contributed by atoms with Crippen LogP contribution in [-0.4, -0.2) is 25.8 Å². The van der Waals surface area contributed by atoms with Gasteiger partial charge in [-0.05, 0) is 43.7 Å². The molecule has 0 saturated heterocycles. The van der Waals surface area contributed by atoms with Gasteiger partial charge in [0.05, 0.1) is 5.52 Å². The van der Waals surface area contributed by atoms with Crippen molar-refractivity contribution in [3.05, 3.63) is 62.3 Å². The highest BCUT2D eigenvalue weighted by Gasteiger charge is 2.20. The van der Waals surface area contributed by atoms with Crippen LogP contribution in [0, 0.1) is 19.7 Å². The highest BCUT2D eigenvalue weighted by molar-refractivity contribution is 6.30. The second-order valence-corrected chi connectivity index (χ2v) is 5.69. The van der Waals surface area contributed by atoms with Gasteiger partial charge in [-0.15, -0.1) is 0 Å². The zero-order valence-electron chi connectivity index (χ0n) is 12.7. The number of aromatic nitrogens is 3. The lowest BCUT2D eigenvalue weighted by Crippen LogP contribution is -2.24. The number of benzene rings is 1. The van der Waals surface area contributed by atoms with E-state index in [9.17, 15) is 19.1 Å². The molecule has 2 heterocycles. The van der Waals surface area contributed by atoms with E-state index in [0.29, 0.717) is 5.69 Å². The second-order valence-electron chi connectivity index (χ2n) is 5.25. The molecule has 0 bridgehead atoms. The minimum atomic E-state index is -1.51. The van der Waals surface area contributed by atoms with Crippen LogP contribution >= 0.6 is 11.6 Å². The first-order valence-electron chi connectivity index (χ1n) is 6.89. The van der Waals surface area contributed by atoms with E-state index in [0.717, 1.165) is 16.3 Å². The Bertz CT molecular complexity index is 1060. The summed E-state index contributed by atoms with van der Waals surface area (Å²) in [5, 5.41) is 13.2. The fourth-order valence-corrected chi connectivity index (χ4v) is 2.47. The summed E-state index contributed by atoms with van der Waals surface area (Å²) in [4.78, 5) is 27.8. The van der Waals surface area contributed by atoms with Crippen molar-refractivity contribution in [3.8, 4) is 5.69 Å². The summed E-state index contributed by atoms with van der Waals surface area (Å²) in [6.07, 6.45) is 0. The summed E-state index contributed by atoms with van der Waals surface area (Å²) >= 11 is 5.75. The number of aryl methyl sites for hydroxylation is 2. The van der Waals surface area contributed by atoms with Gasteiger partial charge in [-0.2, -0.15) is 5.10 Å². The summed E-state index contributed by atoms with van der Waals surface area (Å²) in [7, 11) is 0. The number of fused-ring (bicyclic) bond motifs is 1. The number of aromatic carboxylic acids is 1.